The summed E-state index contributed by atoms with van der Waals surface area (Å²) in [6.07, 6.45) is 2.98. The molecule has 4 nitrogen and oxygen atoms in total. The molecule has 0 radical (unpaired) electrons. The van der Waals surface area contributed by atoms with Gasteiger partial charge in [0.05, 0.1) is 0 Å². The van der Waals surface area contributed by atoms with Crippen molar-refractivity contribution < 1.29 is 14.3 Å². The van der Waals surface area contributed by atoms with Crippen LogP contribution < -0.4 is 4.74 Å². The van der Waals surface area contributed by atoms with Crippen molar-refractivity contribution in [3.05, 3.63) is 29.8 Å². The molecule has 1 heterocycles. The molecule has 102 valence electrons. The number of benzene rings is 1. The molecule has 1 amide bonds. The average Bonchev–Trinajstić information content (AvgIpc) is 2.45. The number of carbonyl (C=O) groups is 2. The van der Waals surface area contributed by atoms with Crippen LogP contribution in [0.15, 0.2) is 24.3 Å². The second-order valence-corrected chi connectivity index (χ2v) is 5.00. The molecule has 2 rings (SSSR count). The highest BCUT2D eigenvalue weighted by Gasteiger charge is 2.21. The van der Waals surface area contributed by atoms with Crippen molar-refractivity contribution in [1.82, 2.24) is 4.90 Å². The van der Waals surface area contributed by atoms with Crippen LogP contribution in [0, 0.1) is 5.92 Å². The smallest absolute Gasteiger partial charge is 0.253 e. The van der Waals surface area contributed by atoms with Gasteiger partial charge in [-0.2, -0.15) is 0 Å². The van der Waals surface area contributed by atoms with Crippen molar-refractivity contribution in [1.29, 1.82) is 0 Å². The third-order valence-electron chi connectivity index (χ3n) is 3.36. The maximum atomic E-state index is 12.3. The zero-order valence-corrected chi connectivity index (χ0v) is 11.2. The van der Waals surface area contributed by atoms with Gasteiger partial charge in [-0.1, -0.05) is 6.92 Å². The lowest BCUT2D eigenvalue weighted by molar-refractivity contribution is -0.109. The maximum Gasteiger partial charge on any atom is 0.253 e. The third-order valence-corrected chi connectivity index (χ3v) is 3.36. The first-order valence-corrected chi connectivity index (χ1v) is 6.66. The number of likely N-dealkylation sites (tertiary alicyclic amines) is 1. The first-order chi connectivity index (χ1) is 9.20. The quantitative estimate of drug-likeness (QED) is 0.780. The van der Waals surface area contributed by atoms with Crippen LogP contribution >= 0.6 is 0 Å². The summed E-state index contributed by atoms with van der Waals surface area (Å²) in [6, 6.07) is 6.96. The molecule has 1 fully saturated rings. The Bertz CT molecular complexity index is 441. The molecular weight excluding hydrogens is 242 g/mol. The van der Waals surface area contributed by atoms with Gasteiger partial charge in [0, 0.05) is 18.7 Å². The van der Waals surface area contributed by atoms with Gasteiger partial charge in [-0.15, -0.1) is 0 Å². The molecule has 1 aliphatic heterocycles. The molecule has 1 unspecified atom stereocenters. The number of carbonyl (C=O) groups excluding carboxylic acids is 2. The van der Waals surface area contributed by atoms with Crippen molar-refractivity contribution in [3.8, 4) is 5.75 Å². The molecule has 1 aromatic rings. The van der Waals surface area contributed by atoms with Gasteiger partial charge in [0.15, 0.2) is 6.29 Å². The molecule has 0 spiro atoms. The van der Waals surface area contributed by atoms with E-state index in [1.54, 1.807) is 24.3 Å². The number of hydrogen-bond acceptors (Lipinski definition) is 3. The van der Waals surface area contributed by atoms with Gasteiger partial charge in [-0.3, -0.25) is 9.59 Å². The van der Waals surface area contributed by atoms with Crippen LogP contribution in [-0.2, 0) is 4.79 Å². The second-order valence-electron chi connectivity index (χ2n) is 5.00. The summed E-state index contributed by atoms with van der Waals surface area (Å²) in [5.74, 6) is 1.26. The lowest BCUT2D eigenvalue weighted by Crippen LogP contribution is -2.39. The molecule has 1 atom stereocenters. The van der Waals surface area contributed by atoms with E-state index in [1.807, 2.05) is 4.90 Å². The standard InChI is InChI=1S/C15H19NO3/c1-12-3-2-8-16(11-12)15(18)13-4-6-14(7-5-13)19-10-9-17/h4-7,9,12H,2-3,8,10-11H2,1H3. The van der Waals surface area contributed by atoms with E-state index >= 15 is 0 Å². The van der Waals surface area contributed by atoms with Crippen LogP contribution in [0.4, 0.5) is 0 Å². The lowest BCUT2D eigenvalue weighted by Gasteiger charge is -2.31. The Balaban J connectivity index is 2.00. The SMILES string of the molecule is CC1CCCN(C(=O)c2ccc(OCC=O)cc2)C1. The van der Waals surface area contributed by atoms with Gasteiger partial charge >= 0.3 is 0 Å². The molecule has 4 heteroatoms. The lowest BCUT2D eigenvalue weighted by atomic mass is 9.99. The van der Waals surface area contributed by atoms with Gasteiger partial charge < -0.3 is 9.64 Å². The summed E-state index contributed by atoms with van der Waals surface area (Å²) >= 11 is 0. The van der Waals surface area contributed by atoms with E-state index in [2.05, 4.69) is 6.92 Å². The number of hydrogen-bond donors (Lipinski definition) is 0. The van der Waals surface area contributed by atoms with Crippen LogP contribution in [0.5, 0.6) is 5.75 Å². The molecule has 0 aromatic heterocycles. The highest BCUT2D eigenvalue weighted by Crippen LogP contribution is 2.19. The predicted octanol–water partition coefficient (Wildman–Crippen LogP) is 2.14. The Hall–Kier alpha value is -1.84. The summed E-state index contributed by atoms with van der Waals surface area (Å²) in [7, 11) is 0. The van der Waals surface area contributed by atoms with E-state index in [1.165, 1.54) is 6.42 Å². The van der Waals surface area contributed by atoms with Crippen molar-refractivity contribution >= 4 is 12.2 Å². The average molecular weight is 261 g/mol. The predicted molar refractivity (Wildman–Crippen MR) is 72.3 cm³/mol. The minimum Gasteiger partial charge on any atom is -0.486 e. The van der Waals surface area contributed by atoms with Crippen LogP contribution in [0.3, 0.4) is 0 Å². The molecule has 1 aromatic carbocycles. The molecule has 19 heavy (non-hydrogen) atoms. The van der Waals surface area contributed by atoms with Gasteiger partial charge in [0.25, 0.3) is 5.91 Å². The fraction of sp³-hybridized carbons (Fsp3) is 0.467. The summed E-state index contributed by atoms with van der Waals surface area (Å²) < 4.78 is 5.16. The molecule has 0 saturated carbocycles. The van der Waals surface area contributed by atoms with Crippen molar-refractivity contribution in [2.24, 2.45) is 5.92 Å². The number of amides is 1. The zero-order chi connectivity index (χ0) is 13.7. The number of ether oxygens (including phenoxy) is 1. The number of rotatable bonds is 4. The Morgan fingerprint density at radius 3 is 2.79 bits per heavy atom. The Morgan fingerprint density at radius 1 is 1.42 bits per heavy atom. The molecule has 1 saturated heterocycles. The zero-order valence-electron chi connectivity index (χ0n) is 11.2. The Morgan fingerprint density at radius 2 is 2.16 bits per heavy atom. The molecule has 1 aliphatic rings. The topological polar surface area (TPSA) is 46.6 Å². The molecule has 0 bridgehead atoms. The van der Waals surface area contributed by atoms with Gasteiger partial charge in [-0.25, -0.2) is 0 Å². The second kappa shape index (κ2) is 6.36. The fourth-order valence-corrected chi connectivity index (χ4v) is 2.38. The minimum absolute atomic E-state index is 0.0386. The number of nitrogens with zero attached hydrogens (tertiary/aromatic N) is 1. The third kappa shape index (κ3) is 3.56. The summed E-state index contributed by atoms with van der Waals surface area (Å²) in [6.45, 7) is 3.89. The number of piperidine rings is 1. The number of aldehydes is 1. The van der Waals surface area contributed by atoms with Gasteiger partial charge in [-0.05, 0) is 43.0 Å². The minimum atomic E-state index is 0.0386. The highest BCUT2D eigenvalue weighted by molar-refractivity contribution is 5.94. The summed E-state index contributed by atoms with van der Waals surface area (Å²) in [5, 5.41) is 0. The van der Waals surface area contributed by atoms with E-state index in [0.717, 1.165) is 19.5 Å². The maximum absolute atomic E-state index is 12.3. The summed E-state index contributed by atoms with van der Waals surface area (Å²) in [5.41, 5.74) is 0.674. The van der Waals surface area contributed by atoms with E-state index in [-0.39, 0.29) is 12.5 Å². The van der Waals surface area contributed by atoms with E-state index < -0.39 is 0 Å². The van der Waals surface area contributed by atoms with Crippen LogP contribution in [0.25, 0.3) is 0 Å². The first kappa shape index (κ1) is 13.6. The van der Waals surface area contributed by atoms with E-state index in [4.69, 9.17) is 4.74 Å². The monoisotopic (exact) mass is 261 g/mol. The Labute approximate surface area is 113 Å². The normalized spacial score (nSPS) is 19.0. The highest BCUT2D eigenvalue weighted by atomic mass is 16.5. The van der Waals surface area contributed by atoms with Crippen LogP contribution in [0.1, 0.15) is 30.1 Å². The van der Waals surface area contributed by atoms with E-state index in [0.29, 0.717) is 23.5 Å². The van der Waals surface area contributed by atoms with Crippen LogP contribution in [0.2, 0.25) is 0 Å². The molecule has 0 aliphatic carbocycles. The van der Waals surface area contributed by atoms with Gasteiger partial charge in [0.2, 0.25) is 0 Å². The van der Waals surface area contributed by atoms with Crippen LogP contribution in [-0.4, -0.2) is 36.8 Å². The summed E-state index contributed by atoms with van der Waals surface area (Å²) in [4.78, 5) is 24.4. The van der Waals surface area contributed by atoms with Gasteiger partial charge in [0.1, 0.15) is 12.4 Å². The van der Waals surface area contributed by atoms with Crippen molar-refractivity contribution in [3.63, 3.8) is 0 Å². The molecular formula is C15H19NO3. The Kier molecular flexibility index (Phi) is 4.55. The largest absolute Gasteiger partial charge is 0.486 e. The van der Waals surface area contributed by atoms with Crippen molar-refractivity contribution in [2.75, 3.05) is 19.7 Å². The fourth-order valence-electron chi connectivity index (χ4n) is 2.38. The first-order valence-electron chi connectivity index (χ1n) is 6.66. The molecule has 0 N–H and O–H groups in total. The van der Waals surface area contributed by atoms with Crippen molar-refractivity contribution in [2.45, 2.75) is 19.8 Å². The van der Waals surface area contributed by atoms with E-state index in [9.17, 15) is 9.59 Å².